The van der Waals surface area contributed by atoms with Crippen LogP contribution in [0.25, 0.3) is 0 Å². The highest BCUT2D eigenvalue weighted by molar-refractivity contribution is 7.85. The predicted octanol–water partition coefficient (Wildman–Crippen LogP) is 4.80. The lowest BCUT2D eigenvalue weighted by Crippen LogP contribution is -2.20. The summed E-state index contributed by atoms with van der Waals surface area (Å²) < 4.78 is 16.5. The molecule has 0 aromatic rings. The first kappa shape index (κ1) is 14.9. The molecule has 17 heavy (non-hydrogen) atoms. The van der Waals surface area contributed by atoms with Crippen molar-refractivity contribution >= 4 is 18.0 Å². The lowest BCUT2D eigenvalue weighted by Gasteiger charge is -2.29. The number of unbranched alkanes of at least 4 members (excludes halogenated alkanes) is 2. The standard InChI is InChI=1S/C12H24ClN2OP/c1-5-7-9-14-11(3)12(4)15(10-8-6-2)17(14,13)16/h5-10H2,1-4H3. The van der Waals surface area contributed by atoms with Crippen molar-refractivity contribution in [1.82, 2.24) is 9.34 Å². The van der Waals surface area contributed by atoms with Crippen LogP contribution in [-0.4, -0.2) is 22.4 Å². The predicted molar refractivity (Wildman–Crippen MR) is 75.1 cm³/mol. The molecular formula is C12H24ClN2OP. The van der Waals surface area contributed by atoms with Crippen molar-refractivity contribution in [2.24, 2.45) is 0 Å². The van der Waals surface area contributed by atoms with Gasteiger partial charge in [-0.3, -0.25) is 13.9 Å². The van der Waals surface area contributed by atoms with Gasteiger partial charge in [0.05, 0.1) is 0 Å². The van der Waals surface area contributed by atoms with Crippen molar-refractivity contribution in [1.29, 1.82) is 0 Å². The van der Waals surface area contributed by atoms with Gasteiger partial charge < -0.3 is 0 Å². The summed E-state index contributed by atoms with van der Waals surface area (Å²) in [6.07, 6.45) is 4.25. The number of nitrogens with zero attached hydrogens (tertiary/aromatic N) is 2. The SMILES string of the molecule is CCCCN1C(C)=C(C)N(CCCC)P1(=O)Cl. The Morgan fingerprint density at radius 1 is 1.00 bits per heavy atom. The fraction of sp³-hybridized carbons (Fsp3) is 0.833. The van der Waals surface area contributed by atoms with Crippen LogP contribution in [0.15, 0.2) is 11.4 Å². The van der Waals surface area contributed by atoms with Gasteiger partial charge in [-0.15, -0.1) is 0 Å². The summed E-state index contributed by atoms with van der Waals surface area (Å²) in [5.41, 5.74) is 2.15. The van der Waals surface area contributed by atoms with Gasteiger partial charge in [0.25, 0.3) is 0 Å². The lowest BCUT2D eigenvalue weighted by atomic mass is 10.3. The molecular weight excluding hydrogens is 255 g/mol. The highest BCUT2D eigenvalue weighted by Gasteiger charge is 2.42. The fourth-order valence-electron chi connectivity index (χ4n) is 2.07. The Kier molecular flexibility index (Phi) is 5.40. The highest BCUT2D eigenvalue weighted by atomic mass is 35.7. The number of halogens is 1. The van der Waals surface area contributed by atoms with Gasteiger partial charge in [0.2, 0.25) is 0 Å². The minimum Gasteiger partial charge on any atom is -0.297 e. The summed E-state index contributed by atoms with van der Waals surface area (Å²) in [6.45, 7) is 7.03. The normalized spacial score (nSPS) is 19.4. The molecule has 1 aliphatic rings. The molecule has 0 N–H and O–H groups in total. The third kappa shape index (κ3) is 3.00. The van der Waals surface area contributed by atoms with E-state index < -0.39 is 6.80 Å². The average molecular weight is 279 g/mol. The zero-order valence-corrected chi connectivity index (χ0v) is 13.0. The summed E-state index contributed by atoms with van der Waals surface area (Å²) in [5, 5.41) is 0. The Hall–Kier alpha value is -0.140. The molecule has 100 valence electrons. The van der Waals surface area contributed by atoms with E-state index in [9.17, 15) is 4.57 Å². The summed E-state index contributed by atoms with van der Waals surface area (Å²) in [6, 6.07) is 0. The van der Waals surface area contributed by atoms with Gasteiger partial charge in [0.15, 0.2) is 0 Å². The smallest absolute Gasteiger partial charge is 0.297 e. The Balaban J connectivity index is 2.85. The molecule has 0 amide bonds. The second kappa shape index (κ2) is 6.15. The van der Waals surface area contributed by atoms with Crippen LogP contribution in [0.3, 0.4) is 0 Å². The van der Waals surface area contributed by atoms with Gasteiger partial charge in [0.1, 0.15) is 0 Å². The van der Waals surface area contributed by atoms with Crippen LogP contribution in [0.1, 0.15) is 53.4 Å². The van der Waals surface area contributed by atoms with Gasteiger partial charge in [-0.1, -0.05) is 26.7 Å². The third-order valence-corrected chi connectivity index (χ3v) is 6.63. The van der Waals surface area contributed by atoms with Gasteiger partial charge in [-0.05, 0) is 37.9 Å². The lowest BCUT2D eigenvalue weighted by molar-refractivity contribution is 0.444. The molecule has 3 nitrogen and oxygen atoms in total. The molecule has 0 saturated heterocycles. The van der Waals surface area contributed by atoms with E-state index in [2.05, 4.69) is 13.8 Å². The van der Waals surface area contributed by atoms with Gasteiger partial charge in [-0.2, -0.15) is 0 Å². The van der Waals surface area contributed by atoms with Crippen LogP contribution in [0.5, 0.6) is 0 Å². The summed E-state index contributed by atoms with van der Waals surface area (Å²) in [5.74, 6) is 0. The van der Waals surface area contributed by atoms with Gasteiger partial charge in [-0.25, -0.2) is 0 Å². The second-order valence-corrected chi connectivity index (χ2v) is 7.83. The topological polar surface area (TPSA) is 23.6 Å². The zero-order chi connectivity index (χ0) is 13.1. The van der Waals surface area contributed by atoms with E-state index in [0.29, 0.717) is 0 Å². The molecule has 0 aliphatic carbocycles. The quantitative estimate of drug-likeness (QED) is 0.652. The molecule has 0 radical (unpaired) electrons. The maximum atomic E-state index is 12.7. The minimum absolute atomic E-state index is 0.795. The molecule has 5 heteroatoms. The Morgan fingerprint density at radius 3 is 1.65 bits per heavy atom. The van der Waals surface area contributed by atoms with Crippen molar-refractivity contribution in [3.05, 3.63) is 11.4 Å². The molecule has 0 fully saturated rings. The Morgan fingerprint density at radius 2 is 1.35 bits per heavy atom. The van der Waals surface area contributed by atoms with E-state index in [1.165, 1.54) is 0 Å². The van der Waals surface area contributed by atoms with Crippen LogP contribution in [0.4, 0.5) is 0 Å². The van der Waals surface area contributed by atoms with Crippen LogP contribution in [-0.2, 0) is 4.57 Å². The summed E-state index contributed by atoms with van der Waals surface area (Å²) in [4.78, 5) is 0. The van der Waals surface area contributed by atoms with E-state index in [1.54, 1.807) is 0 Å². The van der Waals surface area contributed by atoms with E-state index in [0.717, 1.165) is 50.2 Å². The number of rotatable bonds is 6. The number of allylic oxidation sites excluding steroid dienone is 2. The summed E-state index contributed by atoms with van der Waals surface area (Å²) >= 11 is 6.33. The fourth-order valence-corrected chi connectivity index (χ4v) is 5.27. The average Bonchev–Trinajstić information content (AvgIpc) is 2.43. The third-order valence-electron chi connectivity index (χ3n) is 3.34. The van der Waals surface area contributed by atoms with Crippen molar-refractivity contribution < 1.29 is 4.57 Å². The first-order valence-electron chi connectivity index (χ1n) is 6.50. The van der Waals surface area contributed by atoms with Crippen LogP contribution in [0, 0.1) is 0 Å². The molecule has 0 bridgehead atoms. The molecule has 0 spiro atoms. The first-order chi connectivity index (χ1) is 7.96. The first-order valence-corrected chi connectivity index (χ1v) is 9.01. The number of hydrogen-bond acceptors (Lipinski definition) is 1. The summed E-state index contributed by atoms with van der Waals surface area (Å²) in [7, 11) is 0. The van der Waals surface area contributed by atoms with Crippen LogP contribution in [0.2, 0.25) is 0 Å². The van der Waals surface area contributed by atoms with Crippen LogP contribution >= 0.6 is 18.0 Å². The van der Waals surface area contributed by atoms with E-state index in [1.807, 2.05) is 23.2 Å². The van der Waals surface area contributed by atoms with E-state index in [4.69, 9.17) is 11.2 Å². The molecule has 1 aliphatic heterocycles. The van der Waals surface area contributed by atoms with Crippen molar-refractivity contribution in [3.63, 3.8) is 0 Å². The molecule has 1 heterocycles. The van der Waals surface area contributed by atoms with Crippen molar-refractivity contribution in [3.8, 4) is 0 Å². The van der Waals surface area contributed by atoms with E-state index in [-0.39, 0.29) is 0 Å². The van der Waals surface area contributed by atoms with Crippen molar-refractivity contribution in [2.75, 3.05) is 13.1 Å². The van der Waals surface area contributed by atoms with Crippen LogP contribution < -0.4 is 0 Å². The van der Waals surface area contributed by atoms with Gasteiger partial charge >= 0.3 is 6.80 Å². The van der Waals surface area contributed by atoms with E-state index >= 15 is 0 Å². The second-order valence-electron chi connectivity index (χ2n) is 4.60. The minimum atomic E-state index is -2.87. The maximum absolute atomic E-state index is 12.7. The van der Waals surface area contributed by atoms with Gasteiger partial charge in [0, 0.05) is 24.5 Å². The molecule has 0 aromatic heterocycles. The Bertz CT molecular complexity index is 315. The molecule has 0 aromatic carbocycles. The zero-order valence-electron chi connectivity index (χ0n) is 11.4. The highest BCUT2D eigenvalue weighted by Crippen LogP contribution is 2.66. The monoisotopic (exact) mass is 278 g/mol. The molecule has 0 atom stereocenters. The molecule has 1 rings (SSSR count). The molecule has 0 unspecified atom stereocenters. The molecule has 0 saturated carbocycles. The van der Waals surface area contributed by atoms with Crippen molar-refractivity contribution in [2.45, 2.75) is 53.4 Å². The largest absolute Gasteiger partial charge is 0.352 e. The number of hydrogen-bond donors (Lipinski definition) is 0. The maximum Gasteiger partial charge on any atom is 0.352 e. The Labute approximate surface area is 110 Å².